The third-order valence-electron chi connectivity index (χ3n) is 1.96. The molecule has 0 amide bonds. The first kappa shape index (κ1) is 10.0. The number of aryl methyl sites for hydroxylation is 1. The highest BCUT2D eigenvalue weighted by Crippen LogP contribution is 2.04. The molecule has 0 aliphatic heterocycles. The summed E-state index contributed by atoms with van der Waals surface area (Å²) in [5.41, 5.74) is 1.04. The molecule has 1 aromatic heterocycles. The zero-order chi connectivity index (χ0) is 9.84. The largest absolute Gasteiger partial charge is 0.354 e. The lowest BCUT2D eigenvalue weighted by atomic mass is 10.0. The summed E-state index contributed by atoms with van der Waals surface area (Å²) in [6, 6.07) is 1.64. The maximum atomic E-state index is 11.4. The number of hydrogen-bond acceptors (Lipinski definition) is 1. The van der Waals surface area contributed by atoms with Crippen LogP contribution in [0, 0.1) is 5.92 Å². The van der Waals surface area contributed by atoms with E-state index in [4.69, 9.17) is 0 Å². The number of pyridine rings is 1. The molecule has 1 radical (unpaired) electrons. The van der Waals surface area contributed by atoms with Crippen molar-refractivity contribution in [1.82, 2.24) is 4.57 Å². The van der Waals surface area contributed by atoms with Crippen LogP contribution in [0.5, 0.6) is 0 Å². The van der Waals surface area contributed by atoms with Crippen molar-refractivity contribution in [1.29, 1.82) is 0 Å². The SMILES string of the molecule is CCn1ccc(=O)c(C[C](C)C)c1. The van der Waals surface area contributed by atoms with Gasteiger partial charge in [0.1, 0.15) is 0 Å². The summed E-state index contributed by atoms with van der Waals surface area (Å²) in [5.74, 6) is 1.27. The van der Waals surface area contributed by atoms with E-state index in [0.717, 1.165) is 18.5 Å². The zero-order valence-corrected chi connectivity index (χ0v) is 8.50. The van der Waals surface area contributed by atoms with Crippen molar-refractivity contribution in [3.63, 3.8) is 0 Å². The number of nitrogens with zero attached hydrogens (tertiary/aromatic N) is 1. The Hall–Kier alpha value is -1.05. The molecule has 2 heteroatoms. The predicted molar refractivity (Wildman–Crippen MR) is 54.7 cm³/mol. The van der Waals surface area contributed by atoms with Gasteiger partial charge in [-0.15, -0.1) is 0 Å². The molecule has 0 saturated carbocycles. The fourth-order valence-corrected chi connectivity index (χ4v) is 1.29. The molecule has 0 N–H and O–H groups in total. The first-order valence-corrected chi connectivity index (χ1v) is 4.61. The third-order valence-corrected chi connectivity index (χ3v) is 1.96. The van der Waals surface area contributed by atoms with E-state index < -0.39 is 0 Å². The maximum absolute atomic E-state index is 11.4. The quantitative estimate of drug-likeness (QED) is 0.694. The van der Waals surface area contributed by atoms with Crippen molar-refractivity contribution in [3.8, 4) is 0 Å². The first-order chi connectivity index (χ1) is 6.13. The van der Waals surface area contributed by atoms with E-state index in [-0.39, 0.29) is 5.43 Å². The molecule has 0 aliphatic rings. The molecule has 0 unspecified atom stereocenters. The van der Waals surface area contributed by atoms with E-state index in [0.29, 0.717) is 0 Å². The van der Waals surface area contributed by atoms with Gasteiger partial charge in [-0.05, 0) is 19.3 Å². The van der Waals surface area contributed by atoms with Crippen LogP contribution in [0.3, 0.4) is 0 Å². The Balaban J connectivity index is 2.97. The van der Waals surface area contributed by atoms with Gasteiger partial charge in [0.2, 0.25) is 0 Å². The Labute approximate surface area is 79.2 Å². The minimum absolute atomic E-state index is 0.144. The van der Waals surface area contributed by atoms with Gasteiger partial charge in [-0.3, -0.25) is 4.79 Å². The lowest BCUT2D eigenvalue weighted by molar-refractivity contribution is 0.741. The molecule has 0 atom stereocenters. The summed E-state index contributed by atoms with van der Waals surface area (Å²) in [4.78, 5) is 11.4. The molecule has 1 heterocycles. The van der Waals surface area contributed by atoms with E-state index in [9.17, 15) is 4.79 Å². The summed E-state index contributed by atoms with van der Waals surface area (Å²) >= 11 is 0. The molecule has 0 bridgehead atoms. The second-order valence-corrected chi connectivity index (χ2v) is 3.55. The van der Waals surface area contributed by atoms with Gasteiger partial charge in [-0.1, -0.05) is 13.8 Å². The molecule has 13 heavy (non-hydrogen) atoms. The Morgan fingerprint density at radius 1 is 1.46 bits per heavy atom. The van der Waals surface area contributed by atoms with Crippen molar-refractivity contribution < 1.29 is 0 Å². The fraction of sp³-hybridized carbons (Fsp3) is 0.455. The van der Waals surface area contributed by atoms with Gasteiger partial charge in [-0.2, -0.15) is 0 Å². The van der Waals surface area contributed by atoms with Crippen LogP contribution in [0.1, 0.15) is 26.3 Å². The standard InChI is InChI=1S/C11H16NO/c1-4-12-6-5-11(13)10(8-12)7-9(2)3/h5-6,8H,4,7H2,1-3H3. The molecule has 71 valence electrons. The Bertz CT molecular complexity index is 325. The summed E-state index contributed by atoms with van der Waals surface area (Å²) in [5, 5.41) is 0. The molecule has 0 aliphatic carbocycles. The molecule has 0 saturated heterocycles. The lowest BCUT2D eigenvalue weighted by Crippen LogP contribution is -2.12. The van der Waals surface area contributed by atoms with Crippen molar-refractivity contribution >= 4 is 0 Å². The minimum Gasteiger partial charge on any atom is -0.354 e. The van der Waals surface area contributed by atoms with Gasteiger partial charge in [0.15, 0.2) is 5.43 Å². The normalized spacial score (nSPS) is 10.8. The minimum atomic E-state index is 0.144. The number of rotatable bonds is 3. The van der Waals surface area contributed by atoms with Gasteiger partial charge in [0.25, 0.3) is 0 Å². The van der Waals surface area contributed by atoms with E-state index >= 15 is 0 Å². The van der Waals surface area contributed by atoms with Crippen molar-refractivity contribution in [2.45, 2.75) is 33.7 Å². The number of aromatic nitrogens is 1. The van der Waals surface area contributed by atoms with Crippen LogP contribution in [0.2, 0.25) is 0 Å². The van der Waals surface area contributed by atoms with E-state index in [1.54, 1.807) is 6.07 Å². The average molecular weight is 178 g/mol. The van der Waals surface area contributed by atoms with Crippen LogP contribution in [0.4, 0.5) is 0 Å². The Morgan fingerprint density at radius 3 is 2.69 bits per heavy atom. The average Bonchev–Trinajstić information content (AvgIpc) is 2.08. The van der Waals surface area contributed by atoms with E-state index in [1.165, 1.54) is 5.92 Å². The van der Waals surface area contributed by atoms with Crippen molar-refractivity contribution in [2.24, 2.45) is 0 Å². The van der Waals surface area contributed by atoms with Crippen LogP contribution < -0.4 is 5.43 Å². The summed E-state index contributed by atoms with van der Waals surface area (Å²) in [6.07, 6.45) is 4.56. The zero-order valence-electron chi connectivity index (χ0n) is 8.50. The highest BCUT2D eigenvalue weighted by Gasteiger charge is 2.02. The third kappa shape index (κ3) is 2.72. The predicted octanol–water partition coefficient (Wildman–Crippen LogP) is 2.02. The molecule has 2 nitrogen and oxygen atoms in total. The van der Waals surface area contributed by atoms with Gasteiger partial charge >= 0.3 is 0 Å². The molecule has 0 spiro atoms. The van der Waals surface area contributed by atoms with Crippen molar-refractivity contribution in [2.75, 3.05) is 0 Å². The van der Waals surface area contributed by atoms with Crippen LogP contribution in [-0.2, 0) is 13.0 Å². The molecule has 1 rings (SSSR count). The molecular weight excluding hydrogens is 162 g/mol. The van der Waals surface area contributed by atoms with E-state index in [1.807, 2.05) is 30.8 Å². The monoisotopic (exact) mass is 178 g/mol. The second-order valence-electron chi connectivity index (χ2n) is 3.55. The Morgan fingerprint density at radius 2 is 2.15 bits per heavy atom. The van der Waals surface area contributed by atoms with Crippen LogP contribution in [0.15, 0.2) is 23.3 Å². The summed E-state index contributed by atoms with van der Waals surface area (Å²) in [6.45, 7) is 7.07. The van der Waals surface area contributed by atoms with Crippen LogP contribution >= 0.6 is 0 Å². The molecular formula is C11H16NO. The van der Waals surface area contributed by atoms with Gasteiger partial charge in [-0.25, -0.2) is 0 Å². The first-order valence-electron chi connectivity index (χ1n) is 4.61. The van der Waals surface area contributed by atoms with Gasteiger partial charge in [0.05, 0.1) is 0 Å². The van der Waals surface area contributed by atoms with E-state index in [2.05, 4.69) is 6.92 Å². The maximum Gasteiger partial charge on any atom is 0.184 e. The Kier molecular flexibility index (Phi) is 3.29. The fourth-order valence-electron chi connectivity index (χ4n) is 1.29. The molecule has 1 aromatic rings. The highest BCUT2D eigenvalue weighted by atomic mass is 16.1. The molecule has 0 aromatic carbocycles. The lowest BCUT2D eigenvalue weighted by Gasteiger charge is -2.07. The second kappa shape index (κ2) is 4.26. The topological polar surface area (TPSA) is 22.0 Å². The van der Waals surface area contributed by atoms with Gasteiger partial charge in [0, 0.05) is 30.6 Å². The summed E-state index contributed by atoms with van der Waals surface area (Å²) in [7, 11) is 0. The van der Waals surface area contributed by atoms with Gasteiger partial charge < -0.3 is 4.57 Å². The van der Waals surface area contributed by atoms with Crippen LogP contribution in [-0.4, -0.2) is 4.57 Å². The molecule has 0 fully saturated rings. The highest BCUT2D eigenvalue weighted by molar-refractivity contribution is 5.14. The smallest absolute Gasteiger partial charge is 0.184 e. The van der Waals surface area contributed by atoms with Crippen molar-refractivity contribution in [3.05, 3.63) is 40.2 Å². The summed E-state index contributed by atoms with van der Waals surface area (Å²) < 4.78 is 2.03. The number of hydrogen-bond donors (Lipinski definition) is 0. The van der Waals surface area contributed by atoms with Crippen LogP contribution in [0.25, 0.3) is 0 Å².